The van der Waals surface area contributed by atoms with Crippen molar-refractivity contribution in [3.8, 4) is 0 Å². The van der Waals surface area contributed by atoms with Gasteiger partial charge < -0.3 is 20.3 Å². The zero-order valence-corrected chi connectivity index (χ0v) is 43.2. The van der Waals surface area contributed by atoms with E-state index in [0.717, 1.165) is 57.8 Å². The predicted molar refractivity (Wildman–Crippen MR) is 278 cm³/mol. The first-order valence-corrected chi connectivity index (χ1v) is 28.6. The van der Waals surface area contributed by atoms with E-state index >= 15 is 0 Å². The summed E-state index contributed by atoms with van der Waals surface area (Å²) in [5.41, 5.74) is 0. The second-order valence-electron chi connectivity index (χ2n) is 19.7. The highest BCUT2D eigenvalue weighted by Gasteiger charge is 2.24. The lowest BCUT2D eigenvalue weighted by Gasteiger charge is -2.24. The lowest BCUT2D eigenvalue weighted by atomic mass is 10.0. The summed E-state index contributed by atoms with van der Waals surface area (Å²) in [7, 11) is 0. The van der Waals surface area contributed by atoms with E-state index in [1.165, 1.54) is 205 Å². The maximum absolute atomic E-state index is 13.2. The Kier molecular flexibility index (Phi) is 51.0. The molecule has 0 saturated heterocycles. The number of hydrogen-bond donors (Lipinski definition) is 3. The topological polar surface area (TPSA) is 95.9 Å². The van der Waals surface area contributed by atoms with Crippen molar-refractivity contribution in [3.63, 3.8) is 0 Å². The van der Waals surface area contributed by atoms with Crippen molar-refractivity contribution >= 4 is 11.9 Å². The highest BCUT2D eigenvalue weighted by molar-refractivity contribution is 5.77. The molecular weight excluding hydrogens is 791 g/mol. The van der Waals surface area contributed by atoms with Crippen LogP contribution in [0.3, 0.4) is 0 Å². The molecule has 0 spiro atoms. The van der Waals surface area contributed by atoms with Crippen molar-refractivity contribution in [1.82, 2.24) is 5.32 Å². The Morgan fingerprint density at radius 2 is 0.766 bits per heavy atom. The van der Waals surface area contributed by atoms with Crippen LogP contribution in [-0.2, 0) is 14.3 Å². The average molecular weight is 903 g/mol. The van der Waals surface area contributed by atoms with Crippen LogP contribution in [0.15, 0.2) is 24.3 Å². The third-order valence-corrected chi connectivity index (χ3v) is 13.3. The molecule has 6 heteroatoms. The Labute approximate surface area is 399 Å². The van der Waals surface area contributed by atoms with Crippen molar-refractivity contribution in [2.24, 2.45) is 0 Å². The van der Waals surface area contributed by atoms with E-state index in [1.807, 2.05) is 0 Å². The third kappa shape index (κ3) is 46.9. The molecule has 0 bridgehead atoms. The van der Waals surface area contributed by atoms with Gasteiger partial charge in [0.25, 0.3) is 0 Å². The van der Waals surface area contributed by atoms with Crippen LogP contribution in [0.5, 0.6) is 0 Å². The standard InChI is InChI=1S/C58H111NO5/c1-4-7-10-13-16-19-22-25-27-29-30-32-35-38-41-44-47-50-56(61)55(53-60)59-57(62)52-54(49-46-43-40-37-34-24-21-18-15-12-9-6-3)64-58(63)51-48-45-42-39-36-33-31-28-26-23-20-17-14-11-8-5-2/h28,31,37,40,54-56,60-61H,4-27,29-30,32-36,38-39,41-53H2,1-3H3,(H,59,62)/b31-28+,40-37-. The van der Waals surface area contributed by atoms with Gasteiger partial charge in [0.05, 0.1) is 25.2 Å². The molecule has 0 saturated carbocycles. The molecule has 378 valence electrons. The zero-order valence-electron chi connectivity index (χ0n) is 43.2. The molecule has 0 heterocycles. The maximum Gasteiger partial charge on any atom is 0.306 e. The zero-order chi connectivity index (χ0) is 46.7. The lowest BCUT2D eigenvalue weighted by molar-refractivity contribution is -0.151. The molecular formula is C58H111NO5. The van der Waals surface area contributed by atoms with Gasteiger partial charge in [-0.15, -0.1) is 0 Å². The van der Waals surface area contributed by atoms with Crippen LogP contribution in [0, 0.1) is 0 Å². The second-order valence-corrected chi connectivity index (χ2v) is 19.7. The Morgan fingerprint density at radius 3 is 1.14 bits per heavy atom. The van der Waals surface area contributed by atoms with Gasteiger partial charge in [0.2, 0.25) is 5.91 Å². The first-order chi connectivity index (χ1) is 31.5. The number of nitrogens with one attached hydrogen (secondary N) is 1. The minimum absolute atomic E-state index is 0.0578. The second kappa shape index (κ2) is 52.3. The average Bonchev–Trinajstić information content (AvgIpc) is 3.29. The number of carbonyl (C=O) groups is 2. The SMILES string of the molecule is CCCCCCCCC/C=C\CCCC(CC(=O)NC(CO)C(O)CCCCCCCCCCCCCCCCCCC)OC(=O)CCCCCCC/C=C/CCCCCCCCC. The summed E-state index contributed by atoms with van der Waals surface area (Å²) in [6, 6.07) is -0.708. The number of carbonyl (C=O) groups excluding carboxylic acids is 2. The monoisotopic (exact) mass is 902 g/mol. The van der Waals surface area contributed by atoms with Gasteiger partial charge in [0, 0.05) is 6.42 Å². The fourth-order valence-electron chi connectivity index (χ4n) is 8.90. The minimum Gasteiger partial charge on any atom is -0.462 e. The summed E-state index contributed by atoms with van der Waals surface area (Å²) in [5, 5.41) is 23.9. The first kappa shape index (κ1) is 62.3. The van der Waals surface area contributed by atoms with Crippen LogP contribution >= 0.6 is 0 Å². The Morgan fingerprint density at radius 1 is 0.438 bits per heavy atom. The van der Waals surface area contributed by atoms with Gasteiger partial charge in [-0.3, -0.25) is 9.59 Å². The van der Waals surface area contributed by atoms with Gasteiger partial charge in [-0.1, -0.05) is 251 Å². The van der Waals surface area contributed by atoms with Crippen molar-refractivity contribution in [3.05, 3.63) is 24.3 Å². The number of esters is 1. The summed E-state index contributed by atoms with van der Waals surface area (Å²) in [6.07, 6.45) is 61.1. The molecule has 0 radical (unpaired) electrons. The van der Waals surface area contributed by atoms with Crippen LogP contribution in [0.25, 0.3) is 0 Å². The smallest absolute Gasteiger partial charge is 0.306 e. The molecule has 3 N–H and O–H groups in total. The van der Waals surface area contributed by atoms with Crippen LogP contribution in [-0.4, -0.2) is 46.9 Å². The van der Waals surface area contributed by atoms with E-state index in [0.29, 0.717) is 19.3 Å². The maximum atomic E-state index is 13.2. The quantitative estimate of drug-likeness (QED) is 0.0321. The molecule has 3 unspecified atom stereocenters. The fourth-order valence-corrected chi connectivity index (χ4v) is 8.90. The summed E-state index contributed by atoms with van der Waals surface area (Å²) < 4.78 is 5.93. The van der Waals surface area contributed by atoms with E-state index < -0.39 is 18.2 Å². The lowest BCUT2D eigenvalue weighted by Crippen LogP contribution is -2.46. The minimum atomic E-state index is -0.793. The molecule has 0 fully saturated rings. The number of aliphatic hydroxyl groups is 2. The molecule has 64 heavy (non-hydrogen) atoms. The summed E-state index contributed by atoms with van der Waals surface area (Å²) in [6.45, 7) is 6.50. The van der Waals surface area contributed by atoms with Crippen molar-refractivity contribution in [2.75, 3.05) is 6.61 Å². The molecule has 0 aromatic heterocycles. The summed E-state index contributed by atoms with van der Waals surface area (Å²) >= 11 is 0. The van der Waals surface area contributed by atoms with Gasteiger partial charge >= 0.3 is 5.97 Å². The Hall–Kier alpha value is -1.66. The fraction of sp³-hybridized carbons (Fsp3) is 0.897. The molecule has 0 rings (SSSR count). The largest absolute Gasteiger partial charge is 0.462 e. The van der Waals surface area contributed by atoms with E-state index in [-0.39, 0.29) is 24.9 Å². The Bertz CT molecular complexity index is 1010. The number of rotatable bonds is 52. The number of amides is 1. The van der Waals surface area contributed by atoms with E-state index in [9.17, 15) is 19.8 Å². The highest BCUT2D eigenvalue weighted by Crippen LogP contribution is 2.18. The molecule has 0 aliphatic heterocycles. The van der Waals surface area contributed by atoms with Gasteiger partial charge in [0.15, 0.2) is 0 Å². The highest BCUT2D eigenvalue weighted by atomic mass is 16.5. The van der Waals surface area contributed by atoms with E-state index in [2.05, 4.69) is 50.4 Å². The van der Waals surface area contributed by atoms with Crippen LogP contribution in [0.4, 0.5) is 0 Å². The van der Waals surface area contributed by atoms with Crippen molar-refractivity contribution in [2.45, 2.75) is 328 Å². The summed E-state index contributed by atoms with van der Waals surface area (Å²) in [5.74, 6) is -0.498. The van der Waals surface area contributed by atoms with E-state index in [1.54, 1.807) is 0 Å². The molecule has 1 amide bonds. The van der Waals surface area contributed by atoms with Gasteiger partial charge in [-0.2, -0.15) is 0 Å². The third-order valence-electron chi connectivity index (χ3n) is 13.3. The van der Waals surface area contributed by atoms with E-state index in [4.69, 9.17) is 4.74 Å². The predicted octanol–water partition coefficient (Wildman–Crippen LogP) is 17.5. The number of hydrogen-bond acceptors (Lipinski definition) is 5. The van der Waals surface area contributed by atoms with Gasteiger partial charge in [-0.25, -0.2) is 0 Å². The van der Waals surface area contributed by atoms with Crippen LogP contribution in [0.1, 0.15) is 310 Å². The molecule has 0 aromatic carbocycles. The summed E-state index contributed by atoms with van der Waals surface area (Å²) in [4.78, 5) is 26.2. The molecule has 3 atom stereocenters. The number of unbranched alkanes of at least 4 members (excludes halogenated alkanes) is 36. The Balaban J connectivity index is 4.49. The molecule has 6 nitrogen and oxygen atoms in total. The molecule has 0 aliphatic rings. The van der Waals surface area contributed by atoms with Crippen LogP contribution < -0.4 is 5.32 Å². The van der Waals surface area contributed by atoms with Gasteiger partial charge in [0.1, 0.15) is 6.10 Å². The number of aliphatic hydroxyl groups excluding tert-OH is 2. The van der Waals surface area contributed by atoms with Crippen molar-refractivity contribution < 1.29 is 24.5 Å². The number of ether oxygens (including phenoxy) is 1. The number of allylic oxidation sites excluding steroid dienone is 4. The molecule has 0 aromatic rings. The first-order valence-electron chi connectivity index (χ1n) is 28.6. The normalized spacial score (nSPS) is 13.3. The van der Waals surface area contributed by atoms with Gasteiger partial charge in [-0.05, 0) is 70.6 Å². The van der Waals surface area contributed by atoms with Crippen molar-refractivity contribution in [1.29, 1.82) is 0 Å². The molecule has 0 aliphatic carbocycles. The van der Waals surface area contributed by atoms with Crippen LogP contribution in [0.2, 0.25) is 0 Å².